The minimum atomic E-state index is 0.517. The quantitative estimate of drug-likeness (QED) is 0.713. The molecule has 2 atom stereocenters. The van der Waals surface area contributed by atoms with E-state index in [0.717, 1.165) is 13.1 Å². The zero-order valence-electron chi connectivity index (χ0n) is 11.9. The van der Waals surface area contributed by atoms with E-state index in [1.54, 1.807) is 0 Å². The first-order valence-corrected chi connectivity index (χ1v) is 7.44. The summed E-state index contributed by atoms with van der Waals surface area (Å²) in [5.74, 6) is 0.517. The van der Waals surface area contributed by atoms with E-state index in [1.807, 2.05) is 0 Å². The Balaban J connectivity index is 1.95. The molecule has 2 heteroatoms. The molecule has 3 aliphatic heterocycles. The Labute approximate surface area is 119 Å². The van der Waals surface area contributed by atoms with Crippen LogP contribution in [0.25, 0.3) is 16.5 Å². The largest absolute Gasteiger partial charge is 0.355 e. The van der Waals surface area contributed by atoms with Crippen LogP contribution in [0.3, 0.4) is 0 Å². The molecule has 2 bridgehead atoms. The van der Waals surface area contributed by atoms with Gasteiger partial charge in [-0.2, -0.15) is 0 Å². The number of aromatic nitrogens is 1. The Bertz CT molecular complexity index is 720. The van der Waals surface area contributed by atoms with Crippen molar-refractivity contribution in [1.29, 1.82) is 0 Å². The molecule has 1 saturated heterocycles. The maximum atomic E-state index is 4.44. The summed E-state index contributed by atoms with van der Waals surface area (Å²) in [6.45, 7) is 9.90. The highest BCUT2D eigenvalue weighted by atomic mass is 15.1. The lowest BCUT2D eigenvalue weighted by molar-refractivity contribution is 0.238. The van der Waals surface area contributed by atoms with Crippen molar-refractivity contribution in [3.8, 4) is 0 Å². The van der Waals surface area contributed by atoms with Crippen LogP contribution < -0.4 is 0 Å². The van der Waals surface area contributed by atoms with Crippen LogP contribution in [0.4, 0.5) is 0 Å². The summed E-state index contributed by atoms with van der Waals surface area (Å²) in [7, 11) is 0. The monoisotopic (exact) mass is 264 g/mol. The molecular formula is C18H20N2. The normalized spacial score (nSPS) is 27.6. The van der Waals surface area contributed by atoms with Crippen LogP contribution in [0, 0.1) is 5.92 Å². The summed E-state index contributed by atoms with van der Waals surface area (Å²) in [4.78, 5) is 6.18. The van der Waals surface area contributed by atoms with Crippen molar-refractivity contribution in [3.05, 3.63) is 53.8 Å². The number of nitrogens with zero attached hydrogens (tertiary/aromatic N) is 1. The highest BCUT2D eigenvalue weighted by Gasteiger charge is 2.31. The van der Waals surface area contributed by atoms with Gasteiger partial charge in [0.25, 0.3) is 0 Å². The Hall–Kier alpha value is -1.80. The Morgan fingerprint density at radius 3 is 3.00 bits per heavy atom. The molecule has 1 N–H and O–H groups in total. The van der Waals surface area contributed by atoms with Crippen LogP contribution in [-0.4, -0.2) is 23.0 Å². The van der Waals surface area contributed by atoms with E-state index in [0.29, 0.717) is 5.92 Å². The van der Waals surface area contributed by atoms with Gasteiger partial charge in [-0.3, -0.25) is 4.90 Å². The van der Waals surface area contributed by atoms with Crippen molar-refractivity contribution in [1.82, 2.24) is 9.88 Å². The smallest absolute Gasteiger partial charge is 0.0469 e. The number of fused-ring (bicyclic) bond motifs is 3. The number of hydrogen-bond acceptors (Lipinski definition) is 1. The van der Waals surface area contributed by atoms with Crippen molar-refractivity contribution in [3.63, 3.8) is 0 Å². The molecular weight excluding hydrogens is 244 g/mol. The van der Waals surface area contributed by atoms with Gasteiger partial charge in [0, 0.05) is 35.6 Å². The second kappa shape index (κ2) is 4.35. The fraction of sp³-hybridized carbons (Fsp3) is 0.333. The van der Waals surface area contributed by atoms with E-state index < -0.39 is 0 Å². The lowest BCUT2D eigenvalue weighted by Crippen LogP contribution is -2.37. The first-order chi connectivity index (χ1) is 9.78. The van der Waals surface area contributed by atoms with Gasteiger partial charge in [0.2, 0.25) is 0 Å². The molecule has 2 aromatic rings. The van der Waals surface area contributed by atoms with Crippen molar-refractivity contribution >= 4 is 16.5 Å². The molecule has 0 spiro atoms. The van der Waals surface area contributed by atoms with Crippen molar-refractivity contribution in [2.24, 2.45) is 5.92 Å². The lowest BCUT2D eigenvalue weighted by atomic mass is 9.81. The number of piperidine rings is 1. The van der Waals surface area contributed by atoms with E-state index >= 15 is 0 Å². The van der Waals surface area contributed by atoms with Gasteiger partial charge in [-0.05, 0) is 37.1 Å². The van der Waals surface area contributed by atoms with Crippen LogP contribution in [0.2, 0.25) is 0 Å². The maximum Gasteiger partial charge on any atom is 0.0469 e. The van der Waals surface area contributed by atoms with Crippen LogP contribution in [0.5, 0.6) is 0 Å². The van der Waals surface area contributed by atoms with Gasteiger partial charge in [-0.15, -0.1) is 0 Å². The molecule has 0 amide bonds. The van der Waals surface area contributed by atoms with Gasteiger partial charge in [0.05, 0.1) is 0 Å². The summed E-state index contributed by atoms with van der Waals surface area (Å²) in [5, 5.41) is 1.36. The zero-order chi connectivity index (χ0) is 13.7. The molecule has 20 heavy (non-hydrogen) atoms. The molecule has 1 unspecified atom stereocenters. The summed E-state index contributed by atoms with van der Waals surface area (Å²) in [5.41, 5.74) is 6.77. The average molecular weight is 264 g/mol. The van der Waals surface area contributed by atoms with Gasteiger partial charge < -0.3 is 4.98 Å². The van der Waals surface area contributed by atoms with Crippen LogP contribution in [0.1, 0.15) is 24.6 Å². The van der Waals surface area contributed by atoms with Crippen molar-refractivity contribution in [2.75, 3.05) is 13.1 Å². The second-order valence-electron chi connectivity index (χ2n) is 5.96. The fourth-order valence-electron chi connectivity index (χ4n) is 3.81. The average Bonchev–Trinajstić information content (AvgIpc) is 2.83. The number of H-pyrrole nitrogens is 1. The fourth-order valence-corrected chi connectivity index (χ4v) is 3.81. The third-order valence-electron chi connectivity index (χ3n) is 4.90. The highest BCUT2D eigenvalue weighted by molar-refractivity contribution is 5.89. The van der Waals surface area contributed by atoms with Gasteiger partial charge in [0.15, 0.2) is 0 Å². The number of hydrogen-bond donors (Lipinski definition) is 1. The Morgan fingerprint density at radius 2 is 2.15 bits per heavy atom. The van der Waals surface area contributed by atoms with Gasteiger partial charge in [-0.1, -0.05) is 36.4 Å². The second-order valence-corrected chi connectivity index (χ2v) is 5.96. The van der Waals surface area contributed by atoms with Crippen molar-refractivity contribution < 1.29 is 0 Å². The molecule has 0 saturated carbocycles. The number of benzene rings is 1. The molecule has 1 aromatic carbocycles. The summed E-state index contributed by atoms with van der Waals surface area (Å²) in [6.07, 6.45) is 3.49. The molecule has 1 fully saturated rings. The van der Waals surface area contributed by atoms with Gasteiger partial charge >= 0.3 is 0 Å². The minimum absolute atomic E-state index is 0.517. The first kappa shape index (κ1) is 12.0. The van der Waals surface area contributed by atoms with Crippen LogP contribution in [-0.2, 0) is 6.54 Å². The van der Waals surface area contributed by atoms with E-state index in [1.165, 1.54) is 46.3 Å². The van der Waals surface area contributed by atoms with Gasteiger partial charge in [-0.25, -0.2) is 0 Å². The molecule has 5 rings (SSSR count). The Kier molecular flexibility index (Phi) is 2.61. The molecule has 4 heterocycles. The Morgan fingerprint density at radius 1 is 1.30 bits per heavy atom. The third kappa shape index (κ3) is 1.61. The molecule has 0 aliphatic carbocycles. The standard InChI is InChI=1S/C18H20N2/c1-3-13-10-20-9-8-14(13)12(2)18-16(11-20)15-6-4-5-7-17(15)19-18/h3-7,14,19H,2,8-11H2,1H3/b13-3+/t14-/m0/s1. The summed E-state index contributed by atoms with van der Waals surface area (Å²) < 4.78 is 0. The van der Waals surface area contributed by atoms with E-state index in [4.69, 9.17) is 0 Å². The zero-order valence-corrected chi connectivity index (χ0v) is 11.9. The van der Waals surface area contributed by atoms with Crippen LogP contribution >= 0.6 is 0 Å². The minimum Gasteiger partial charge on any atom is -0.355 e. The summed E-state index contributed by atoms with van der Waals surface area (Å²) >= 11 is 0. The third-order valence-corrected chi connectivity index (χ3v) is 4.90. The lowest BCUT2D eigenvalue weighted by Gasteiger charge is -2.38. The van der Waals surface area contributed by atoms with E-state index in [-0.39, 0.29) is 0 Å². The number of nitrogens with one attached hydrogen (secondary N) is 1. The number of allylic oxidation sites excluding steroid dienone is 2. The van der Waals surface area contributed by atoms with Crippen molar-refractivity contribution in [2.45, 2.75) is 19.9 Å². The van der Waals surface area contributed by atoms with E-state index in [2.05, 4.69) is 53.7 Å². The topological polar surface area (TPSA) is 19.0 Å². The SMILES string of the molecule is C=C1c2[nH]c3ccccc3c2CN2CC[C@@H]1/C(=C/C)C2. The predicted molar refractivity (Wildman–Crippen MR) is 84.5 cm³/mol. The maximum absolute atomic E-state index is 4.44. The highest BCUT2D eigenvalue weighted by Crippen LogP contribution is 2.40. The number of aromatic amines is 1. The number of para-hydroxylation sites is 1. The molecule has 0 radical (unpaired) electrons. The van der Waals surface area contributed by atoms with Crippen LogP contribution in [0.15, 0.2) is 42.5 Å². The predicted octanol–water partition coefficient (Wildman–Crippen LogP) is 3.96. The van der Waals surface area contributed by atoms with Gasteiger partial charge in [0.1, 0.15) is 0 Å². The molecule has 3 aliphatic rings. The first-order valence-electron chi connectivity index (χ1n) is 7.44. The number of rotatable bonds is 0. The molecule has 102 valence electrons. The molecule has 2 nitrogen and oxygen atoms in total. The molecule has 1 aromatic heterocycles. The van der Waals surface area contributed by atoms with E-state index in [9.17, 15) is 0 Å². The summed E-state index contributed by atoms with van der Waals surface area (Å²) in [6, 6.07) is 8.62.